The van der Waals surface area contributed by atoms with E-state index in [-0.39, 0.29) is 10.7 Å². The lowest BCUT2D eigenvalue weighted by molar-refractivity contribution is -0.00540. The summed E-state index contributed by atoms with van der Waals surface area (Å²) < 4.78 is 22.9. The van der Waals surface area contributed by atoms with Crippen LogP contribution >= 0.6 is 0 Å². The van der Waals surface area contributed by atoms with Gasteiger partial charge in [-0.15, -0.1) is 0 Å². The van der Waals surface area contributed by atoms with Crippen LogP contribution in [0.5, 0.6) is 0 Å². The van der Waals surface area contributed by atoms with E-state index in [1.807, 2.05) is 0 Å². The minimum Gasteiger partial charge on any atom is -0.395 e. The van der Waals surface area contributed by atoms with E-state index >= 15 is 0 Å². The van der Waals surface area contributed by atoms with Crippen LogP contribution in [-0.2, 0) is 9.84 Å². The van der Waals surface area contributed by atoms with E-state index < -0.39 is 16.4 Å². The molecular weight excluding hydrogens is 204 g/mol. The summed E-state index contributed by atoms with van der Waals surface area (Å²) in [4.78, 5) is 3.01. The van der Waals surface area contributed by atoms with Crippen LogP contribution in [0.3, 0.4) is 0 Å². The van der Waals surface area contributed by atoms with Crippen LogP contribution in [0.4, 0.5) is 0 Å². The Balaban J connectivity index is 3.05. The summed E-state index contributed by atoms with van der Waals surface area (Å²) in [6, 6.07) is 0. The quantitative estimate of drug-likeness (QED) is 0.525. The maximum absolute atomic E-state index is 11.4. The van der Waals surface area contributed by atoms with E-state index in [4.69, 9.17) is 10.6 Å². The molecule has 1 rings (SSSR count). The van der Waals surface area contributed by atoms with E-state index in [9.17, 15) is 8.42 Å². The van der Waals surface area contributed by atoms with Gasteiger partial charge in [-0.2, -0.15) is 4.79 Å². The van der Waals surface area contributed by atoms with Crippen molar-refractivity contribution >= 4 is 15.5 Å². The first-order chi connectivity index (χ1) is 6.60. The van der Waals surface area contributed by atoms with Crippen LogP contribution in [0, 0.1) is 0 Å². The lowest BCUT2D eigenvalue weighted by atomic mass is 10.2. The van der Waals surface area contributed by atoms with Crippen molar-refractivity contribution in [2.45, 2.75) is 6.42 Å². The molecule has 0 saturated heterocycles. The molecule has 0 amide bonds. The molecule has 0 atom stereocenters. The summed E-state index contributed by atoms with van der Waals surface area (Å²) in [5.74, 6) is -0.318. The van der Waals surface area contributed by atoms with E-state index in [1.54, 1.807) is 6.08 Å². The summed E-state index contributed by atoms with van der Waals surface area (Å²) in [7, 11) is -3.44. The number of aliphatic hydroxyl groups excluding tert-OH is 1. The van der Waals surface area contributed by atoms with Gasteiger partial charge in [-0.1, -0.05) is 6.08 Å². The average Bonchev–Trinajstić information content (AvgIpc) is 2.18. The fraction of sp³-hybridized carbons (Fsp3) is 0.375. The number of sulfone groups is 1. The summed E-state index contributed by atoms with van der Waals surface area (Å²) >= 11 is 0. The van der Waals surface area contributed by atoms with Crippen LogP contribution in [0.1, 0.15) is 6.42 Å². The van der Waals surface area contributed by atoms with E-state index in [0.29, 0.717) is 12.1 Å². The minimum atomic E-state index is -3.44. The smallest absolute Gasteiger partial charge is 0.297 e. The Morgan fingerprint density at radius 3 is 2.86 bits per heavy atom. The van der Waals surface area contributed by atoms with Gasteiger partial charge in [0.15, 0.2) is 9.84 Å². The summed E-state index contributed by atoms with van der Waals surface area (Å²) in [5.41, 5.74) is 8.77. The Labute approximate surface area is 81.9 Å². The van der Waals surface area contributed by atoms with Crippen molar-refractivity contribution in [3.05, 3.63) is 28.7 Å². The number of nitrogens with zero attached hydrogens (tertiary/aromatic N) is 2. The van der Waals surface area contributed by atoms with Gasteiger partial charge in [0, 0.05) is 6.08 Å². The average molecular weight is 214 g/mol. The first kappa shape index (κ1) is 10.8. The lowest BCUT2D eigenvalue weighted by Crippen LogP contribution is -2.14. The third-order valence-corrected chi connectivity index (χ3v) is 3.46. The molecule has 5 nitrogen and oxygen atoms in total. The highest BCUT2D eigenvalue weighted by Crippen LogP contribution is 2.14. The van der Waals surface area contributed by atoms with Crippen molar-refractivity contribution in [2.24, 2.45) is 0 Å². The van der Waals surface area contributed by atoms with Gasteiger partial charge in [0.25, 0.3) is 5.71 Å². The van der Waals surface area contributed by atoms with Crippen LogP contribution < -0.4 is 0 Å². The third-order valence-electron chi connectivity index (χ3n) is 1.77. The van der Waals surface area contributed by atoms with Gasteiger partial charge >= 0.3 is 0 Å². The molecule has 0 bridgehead atoms. The number of aliphatic hydroxyl groups is 1. The SMILES string of the molecule is [N-]=[N+]=C1C=C(S(=O)(=O)CCO)C=CC1. The van der Waals surface area contributed by atoms with E-state index in [0.717, 1.165) is 0 Å². The lowest BCUT2D eigenvalue weighted by Gasteiger charge is -2.04. The molecule has 0 fully saturated rings. The second-order valence-corrected chi connectivity index (χ2v) is 4.90. The number of allylic oxidation sites excluding steroid dienone is 3. The molecule has 6 heteroatoms. The van der Waals surface area contributed by atoms with Gasteiger partial charge in [-0.05, 0) is 6.08 Å². The van der Waals surface area contributed by atoms with Crippen molar-refractivity contribution < 1.29 is 18.3 Å². The van der Waals surface area contributed by atoms with Crippen LogP contribution in [0.25, 0.3) is 5.53 Å². The predicted octanol–water partition coefficient (Wildman–Crippen LogP) is -0.0919. The van der Waals surface area contributed by atoms with Crippen LogP contribution in [0.15, 0.2) is 23.1 Å². The first-order valence-electron chi connectivity index (χ1n) is 4.03. The normalized spacial score (nSPS) is 16.4. The molecule has 0 spiro atoms. The van der Waals surface area contributed by atoms with Crippen LogP contribution in [-0.4, -0.2) is 36.4 Å². The Hall–Kier alpha value is -1.23. The molecule has 1 aliphatic rings. The predicted molar refractivity (Wildman–Crippen MR) is 51.3 cm³/mol. The molecular formula is C8H10N2O3S. The molecule has 0 aromatic heterocycles. The van der Waals surface area contributed by atoms with Gasteiger partial charge < -0.3 is 10.6 Å². The fourth-order valence-electron chi connectivity index (χ4n) is 1.07. The van der Waals surface area contributed by atoms with Crippen molar-refractivity contribution in [3.63, 3.8) is 0 Å². The number of hydrogen-bond acceptors (Lipinski definition) is 3. The van der Waals surface area contributed by atoms with Crippen molar-refractivity contribution in [2.75, 3.05) is 12.4 Å². The molecule has 76 valence electrons. The zero-order chi connectivity index (χ0) is 10.6. The maximum atomic E-state index is 11.4. The standard InChI is InChI=1S/C8H10N2O3S/c9-10-7-2-1-3-8(6-7)14(12,13)5-4-11/h1,3,6,11H,2,4-5H2. The Kier molecular flexibility index (Phi) is 3.35. The number of rotatable bonds is 3. The van der Waals surface area contributed by atoms with Gasteiger partial charge in [0.2, 0.25) is 0 Å². The Morgan fingerprint density at radius 1 is 1.57 bits per heavy atom. The molecule has 0 aromatic carbocycles. The van der Waals surface area contributed by atoms with Crippen molar-refractivity contribution in [3.8, 4) is 0 Å². The molecule has 14 heavy (non-hydrogen) atoms. The van der Waals surface area contributed by atoms with Gasteiger partial charge in [-0.25, -0.2) is 8.42 Å². The van der Waals surface area contributed by atoms with E-state index in [2.05, 4.69) is 4.79 Å². The highest BCUT2D eigenvalue weighted by Gasteiger charge is 2.20. The van der Waals surface area contributed by atoms with Crippen molar-refractivity contribution in [1.29, 1.82) is 0 Å². The van der Waals surface area contributed by atoms with Gasteiger partial charge in [-0.3, -0.25) is 0 Å². The molecule has 0 saturated carbocycles. The van der Waals surface area contributed by atoms with Gasteiger partial charge in [0.05, 0.1) is 23.7 Å². The first-order valence-corrected chi connectivity index (χ1v) is 5.68. The third kappa shape index (κ3) is 2.38. The van der Waals surface area contributed by atoms with Crippen molar-refractivity contribution in [1.82, 2.24) is 0 Å². The largest absolute Gasteiger partial charge is 0.395 e. The second kappa shape index (κ2) is 4.32. The number of hydrogen-bond donors (Lipinski definition) is 1. The summed E-state index contributed by atoms with van der Waals surface area (Å²) in [6.07, 6.45) is 4.75. The zero-order valence-electron chi connectivity index (χ0n) is 7.42. The van der Waals surface area contributed by atoms with Crippen LogP contribution in [0.2, 0.25) is 0 Å². The monoisotopic (exact) mass is 214 g/mol. The molecule has 0 aliphatic heterocycles. The summed E-state index contributed by atoms with van der Waals surface area (Å²) in [6.45, 7) is -0.418. The van der Waals surface area contributed by atoms with E-state index in [1.165, 1.54) is 12.2 Å². The highest BCUT2D eigenvalue weighted by molar-refractivity contribution is 7.95. The molecule has 1 N–H and O–H groups in total. The van der Waals surface area contributed by atoms with Gasteiger partial charge in [0.1, 0.15) is 0 Å². The molecule has 0 unspecified atom stereocenters. The fourth-order valence-corrected chi connectivity index (χ4v) is 2.16. The molecule has 0 aromatic rings. The summed E-state index contributed by atoms with van der Waals surface area (Å²) in [5, 5.41) is 8.55. The highest BCUT2D eigenvalue weighted by atomic mass is 32.2. The zero-order valence-corrected chi connectivity index (χ0v) is 8.24. The maximum Gasteiger partial charge on any atom is 0.297 e. The minimum absolute atomic E-state index is 0.0746. The second-order valence-electron chi connectivity index (χ2n) is 2.79. The molecule has 0 heterocycles. The topological polar surface area (TPSA) is 90.8 Å². The Morgan fingerprint density at radius 2 is 2.29 bits per heavy atom. The molecule has 0 radical (unpaired) electrons. The molecule has 1 aliphatic carbocycles. The Bertz CT molecular complexity index is 428.